The molecule has 6 heteroatoms. The molecule has 2 atom stereocenters. The zero-order valence-electron chi connectivity index (χ0n) is 13.4. The van der Waals surface area contributed by atoms with Gasteiger partial charge in [-0.1, -0.05) is 29.3 Å². The van der Waals surface area contributed by atoms with E-state index < -0.39 is 10.0 Å². The zero-order chi connectivity index (χ0) is 16.6. The van der Waals surface area contributed by atoms with Crippen LogP contribution in [0.25, 0.3) is 0 Å². The lowest BCUT2D eigenvalue weighted by Gasteiger charge is -2.16. The first-order valence-corrected chi connectivity index (χ1v) is 9.30. The average molecular weight is 335 g/mol. The van der Waals surface area contributed by atoms with Crippen molar-refractivity contribution in [3.63, 3.8) is 0 Å². The number of carbonyl (C=O) groups excluding carboxylic acids is 1. The minimum Gasteiger partial charge on any atom is -0.466 e. The summed E-state index contributed by atoms with van der Waals surface area (Å²) in [5, 5.41) is 0. The van der Waals surface area contributed by atoms with E-state index in [4.69, 9.17) is 4.74 Å². The molecule has 0 saturated heterocycles. The second-order valence-electron chi connectivity index (χ2n) is 6.09. The van der Waals surface area contributed by atoms with Crippen LogP contribution in [0, 0.1) is 18.8 Å². The fraction of sp³-hybridized carbons (Fsp3) is 0.471. The molecule has 124 valence electrons. The van der Waals surface area contributed by atoms with Crippen LogP contribution >= 0.6 is 0 Å². The number of hydrogen-bond donors (Lipinski definition) is 0. The smallest absolute Gasteiger partial charge is 0.309 e. The van der Waals surface area contributed by atoms with Crippen molar-refractivity contribution >= 4 is 16.0 Å². The molecule has 0 aromatic heterocycles. The zero-order valence-corrected chi connectivity index (χ0v) is 14.2. The van der Waals surface area contributed by atoms with Crippen molar-refractivity contribution in [2.45, 2.75) is 25.2 Å². The predicted octanol–water partition coefficient (Wildman–Crippen LogP) is 2.12. The third-order valence-electron chi connectivity index (χ3n) is 4.43. The van der Waals surface area contributed by atoms with E-state index in [-0.39, 0.29) is 17.8 Å². The van der Waals surface area contributed by atoms with Crippen LogP contribution in [0.4, 0.5) is 0 Å². The molecular formula is C17H21NO4S. The Kier molecular flexibility index (Phi) is 4.29. The molecule has 0 amide bonds. The van der Waals surface area contributed by atoms with Gasteiger partial charge in [0.15, 0.2) is 0 Å². The molecule has 1 saturated carbocycles. The second kappa shape index (κ2) is 6.09. The number of sulfonamides is 1. The number of hydrogen-bond acceptors (Lipinski definition) is 4. The van der Waals surface area contributed by atoms with Gasteiger partial charge >= 0.3 is 5.97 Å². The summed E-state index contributed by atoms with van der Waals surface area (Å²) < 4.78 is 31.8. The molecule has 1 fully saturated rings. The maximum absolute atomic E-state index is 12.7. The number of nitrogens with zero attached hydrogens (tertiary/aromatic N) is 1. The van der Waals surface area contributed by atoms with E-state index in [0.717, 1.165) is 17.6 Å². The summed E-state index contributed by atoms with van der Waals surface area (Å²) in [4.78, 5) is 12.0. The van der Waals surface area contributed by atoms with Crippen molar-refractivity contribution in [3.05, 3.63) is 41.5 Å². The quantitative estimate of drug-likeness (QED) is 0.611. The first-order chi connectivity index (χ1) is 10.9. The molecule has 1 aliphatic heterocycles. The van der Waals surface area contributed by atoms with Gasteiger partial charge in [0.05, 0.1) is 17.4 Å². The molecule has 0 unspecified atom stereocenters. The summed E-state index contributed by atoms with van der Waals surface area (Å²) >= 11 is 0. The van der Waals surface area contributed by atoms with Gasteiger partial charge in [0.25, 0.3) is 0 Å². The van der Waals surface area contributed by atoms with Crippen molar-refractivity contribution in [3.8, 4) is 0 Å². The summed E-state index contributed by atoms with van der Waals surface area (Å²) in [6.07, 6.45) is 2.71. The Hall–Kier alpha value is -1.66. The third-order valence-corrected chi connectivity index (χ3v) is 6.26. The Bertz CT molecular complexity index is 736. The van der Waals surface area contributed by atoms with Gasteiger partial charge in [-0.25, -0.2) is 8.42 Å². The number of esters is 1. The summed E-state index contributed by atoms with van der Waals surface area (Å²) in [6, 6.07) is 6.88. The highest BCUT2D eigenvalue weighted by molar-refractivity contribution is 7.89. The van der Waals surface area contributed by atoms with Crippen LogP contribution in [-0.2, 0) is 19.6 Å². The maximum atomic E-state index is 12.7. The van der Waals surface area contributed by atoms with Crippen molar-refractivity contribution in [2.24, 2.45) is 11.8 Å². The first-order valence-electron chi connectivity index (χ1n) is 7.86. The van der Waals surface area contributed by atoms with Crippen molar-refractivity contribution in [1.29, 1.82) is 0 Å². The van der Waals surface area contributed by atoms with Gasteiger partial charge < -0.3 is 4.74 Å². The van der Waals surface area contributed by atoms with Crippen LogP contribution in [0.2, 0.25) is 0 Å². The Balaban J connectivity index is 1.65. The Labute approximate surface area is 137 Å². The van der Waals surface area contributed by atoms with Gasteiger partial charge in [0, 0.05) is 13.1 Å². The highest BCUT2D eigenvalue weighted by Gasteiger charge is 2.48. The molecule has 23 heavy (non-hydrogen) atoms. The topological polar surface area (TPSA) is 63.7 Å². The van der Waals surface area contributed by atoms with Crippen LogP contribution in [0.15, 0.2) is 40.8 Å². The van der Waals surface area contributed by atoms with Crippen molar-refractivity contribution in [1.82, 2.24) is 4.31 Å². The number of ether oxygens (including phenoxy) is 1. The molecule has 0 N–H and O–H groups in total. The summed E-state index contributed by atoms with van der Waals surface area (Å²) in [5.74, 6) is -0.117. The van der Waals surface area contributed by atoms with Gasteiger partial charge in [-0.3, -0.25) is 4.79 Å². The van der Waals surface area contributed by atoms with Gasteiger partial charge in [-0.15, -0.1) is 0 Å². The van der Waals surface area contributed by atoms with Gasteiger partial charge in [0.2, 0.25) is 10.0 Å². The number of rotatable bonds is 5. The van der Waals surface area contributed by atoms with Crippen LogP contribution < -0.4 is 0 Å². The van der Waals surface area contributed by atoms with Gasteiger partial charge in [-0.05, 0) is 38.3 Å². The molecule has 0 spiro atoms. The Morgan fingerprint density at radius 2 is 2.00 bits per heavy atom. The number of aryl methyl sites for hydroxylation is 1. The van der Waals surface area contributed by atoms with Crippen LogP contribution in [0.1, 0.15) is 18.9 Å². The fourth-order valence-electron chi connectivity index (χ4n) is 2.98. The lowest BCUT2D eigenvalue weighted by Crippen LogP contribution is -2.29. The van der Waals surface area contributed by atoms with E-state index in [2.05, 4.69) is 0 Å². The lowest BCUT2D eigenvalue weighted by atomic mass is 10.1. The molecule has 3 rings (SSSR count). The van der Waals surface area contributed by atoms with E-state index in [1.807, 2.05) is 13.0 Å². The average Bonchev–Trinajstić information content (AvgIpc) is 3.16. The molecule has 5 nitrogen and oxygen atoms in total. The third kappa shape index (κ3) is 3.19. The molecular weight excluding hydrogens is 314 g/mol. The van der Waals surface area contributed by atoms with Crippen molar-refractivity contribution in [2.75, 3.05) is 19.7 Å². The predicted molar refractivity (Wildman–Crippen MR) is 86.3 cm³/mol. The molecule has 1 aliphatic carbocycles. The van der Waals surface area contributed by atoms with Crippen LogP contribution in [0.5, 0.6) is 0 Å². The molecule has 1 heterocycles. The Morgan fingerprint density at radius 3 is 2.65 bits per heavy atom. The largest absolute Gasteiger partial charge is 0.466 e. The van der Waals surface area contributed by atoms with E-state index in [9.17, 15) is 13.2 Å². The summed E-state index contributed by atoms with van der Waals surface area (Å²) in [7, 11) is -3.48. The highest BCUT2D eigenvalue weighted by Crippen LogP contribution is 2.46. The minimum absolute atomic E-state index is 0.0942. The maximum Gasteiger partial charge on any atom is 0.309 e. The SMILES string of the molecule is CCOC(=O)[C@@H]1C[C@@H]1C1=CCN(S(=O)(=O)c2ccc(C)cc2)C1. The van der Waals surface area contributed by atoms with E-state index in [1.54, 1.807) is 31.2 Å². The summed E-state index contributed by atoms with van der Waals surface area (Å²) in [6.45, 7) is 4.85. The molecule has 1 aromatic carbocycles. The lowest BCUT2D eigenvalue weighted by molar-refractivity contribution is -0.144. The minimum atomic E-state index is -3.48. The normalized spacial score (nSPS) is 24.3. The molecule has 0 radical (unpaired) electrons. The monoisotopic (exact) mass is 335 g/mol. The highest BCUT2D eigenvalue weighted by atomic mass is 32.2. The molecule has 0 bridgehead atoms. The number of benzene rings is 1. The second-order valence-corrected chi connectivity index (χ2v) is 8.03. The van der Waals surface area contributed by atoms with Gasteiger partial charge in [0.1, 0.15) is 0 Å². The summed E-state index contributed by atoms with van der Waals surface area (Å²) in [5.41, 5.74) is 2.07. The fourth-order valence-corrected chi connectivity index (χ4v) is 4.35. The molecule has 2 aliphatic rings. The first kappa shape index (κ1) is 16.2. The molecule has 1 aromatic rings. The van der Waals surface area contributed by atoms with Crippen molar-refractivity contribution < 1.29 is 17.9 Å². The Morgan fingerprint density at radius 1 is 1.30 bits per heavy atom. The van der Waals surface area contributed by atoms with E-state index in [1.165, 1.54) is 4.31 Å². The van der Waals surface area contributed by atoms with E-state index in [0.29, 0.717) is 24.6 Å². The standard InChI is InChI=1S/C17H21NO4S/c1-3-22-17(19)16-10-15(16)13-8-9-18(11-13)23(20,21)14-6-4-12(2)5-7-14/h4-8,15-16H,3,9-11H2,1-2H3/t15-,16-/m1/s1. The van der Waals surface area contributed by atoms with E-state index >= 15 is 0 Å². The van der Waals surface area contributed by atoms with Crippen LogP contribution in [-0.4, -0.2) is 38.4 Å². The van der Waals surface area contributed by atoms with Crippen LogP contribution in [0.3, 0.4) is 0 Å². The number of carbonyl (C=O) groups is 1. The van der Waals surface area contributed by atoms with Gasteiger partial charge in [-0.2, -0.15) is 4.31 Å².